The van der Waals surface area contributed by atoms with Crippen molar-refractivity contribution in [1.82, 2.24) is 9.88 Å². The number of furan rings is 1. The van der Waals surface area contributed by atoms with Crippen LogP contribution < -0.4 is 0 Å². The fourth-order valence-corrected chi connectivity index (χ4v) is 5.32. The summed E-state index contributed by atoms with van der Waals surface area (Å²) in [5.41, 5.74) is 6.61. The summed E-state index contributed by atoms with van der Waals surface area (Å²) in [6.45, 7) is 3.60. The largest absolute Gasteiger partial charge is 0.460 e. The van der Waals surface area contributed by atoms with Gasteiger partial charge in [0.1, 0.15) is 11.5 Å². The Kier molecular flexibility index (Phi) is 4.76. The van der Waals surface area contributed by atoms with Gasteiger partial charge in [-0.3, -0.25) is 4.98 Å². The molecule has 3 heterocycles. The summed E-state index contributed by atoms with van der Waals surface area (Å²) < 4.78 is 6.61. The van der Waals surface area contributed by atoms with Gasteiger partial charge >= 0.3 is 0 Å². The number of pyridine rings is 1. The van der Waals surface area contributed by atoms with Crippen molar-refractivity contribution in [2.45, 2.75) is 44.4 Å². The van der Waals surface area contributed by atoms with Gasteiger partial charge in [-0.15, -0.1) is 0 Å². The number of hydrogen-bond acceptors (Lipinski definition) is 4. The minimum atomic E-state index is 0.462. The SMILES string of the molecule is N=C1CCc2cc(-c3cc(C4CCCN(CC5CC5)C4)oc3-c3ccncc3)ccc21. The first-order chi connectivity index (χ1) is 15.2. The molecule has 1 aromatic carbocycles. The normalized spacial score (nSPS) is 21.4. The zero-order valence-corrected chi connectivity index (χ0v) is 17.9. The molecule has 1 aliphatic heterocycles. The summed E-state index contributed by atoms with van der Waals surface area (Å²) in [6, 6.07) is 12.9. The summed E-state index contributed by atoms with van der Waals surface area (Å²) in [4.78, 5) is 6.85. The Morgan fingerprint density at radius 2 is 1.84 bits per heavy atom. The Morgan fingerprint density at radius 3 is 2.68 bits per heavy atom. The van der Waals surface area contributed by atoms with E-state index in [1.165, 1.54) is 55.5 Å². The van der Waals surface area contributed by atoms with Crippen LogP contribution in [0, 0.1) is 11.3 Å². The van der Waals surface area contributed by atoms with Crippen LogP contribution in [0.3, 0.4) is 0 Å². The van der Waals surface area contributed by atoms with E-state index in [9.17, 15) is 0 Å². The van der Waals surface area contributed by atoms with Crippen LogP contribution in [0.1, 0.15) is 54.9 Å². The van der Waals surface area contributed by atoms with Crippen LogP contribution in [0.25, 0.3) is 22.5 Å². The van der Waals surface area contributed by atoms with E-state index in [1.54, 1.807) is 0 Å². The van der Waals surface area contributed by atoms with Gasteiger partial charge in [0.2, 0.25) is 0 Å². The maximum absolute atomic E-state index is 8.16. The quantitative estimate of drug-likeness (QED) is 0.568. The van der Waals surface area contributed by atoms with Crippen molar-refractivity contribution in [3.8, 4) is 22.5 Å². The van der Waals surface area contributed by atoms with E-state index < -0.39 is 0 Å². The maximum atomic E-state index is 8.16. The second-order valence-corrected chi connectivity index (χ2v) is 9.52. The minimum Gasteiger partial charge on any atom is -0.460 e. The number of aromatic nitrogens is 1. The summed E-state index contributed by atoms with van der Waals surface area (Å²) in [7, 11) is 0. The molecule has 4 nitrogen and oxygen atoms in total. The predicted molar refractivity (Wildman–Crippen MR) is 124 cm³/mol. The van der Waals surface area contributed by atoms with Gasteiger partial charge in [-0.05, 0) is 85.9 Å². The highest BCUT2D eigenvalue weighted by atomic mass is 16.3. The number of hydrogen-bond donors (Lipinski definition) is 1. The van der Waals surface area contributed by atoms with Gasteiger partial charge in [0, 0.05) is 48.2 Å². The number of nitrogens with zero attached hydrogens (tertiary/aromatic N) is 2. The Morgan fingerprint density at radius 1 is 0.968 bits per heavy atom. The van der Waals surface area contributed by atoms with Crippen molar-refractivity contribution in [2.24, 2.45) is 5.92 Å². The fourth-order valence-electron chi connectivity index (χ4n) is 5.32. The molecular formula is C27H29N3O. The van der Waals surface area contributed by atoms with Crippen molar-refractivity contribution in [2.75, 3.05) is 19.6 Å². The number of likely N-dealkylation sites (tertiary alicyclic amines) is 1. The Bertz CT molecular complexity index is 1110. The molecule has 0 radical (unpaired) electrons. The fraction of sp³-hybridized carbons (Fsp3) is 0.407. The second-order valence-electron chi connectivity index (χ2n) is 9.52. The molecule has 0 bridgehead atoms. The molecule has 0 spiro atoms. The van der Waals surface area contributed by atoms with Crippen molar-refractivity contribution < 1.29 is 4.42 Å². The van der Waals surface area contributed by atoms with E-state index in [0.717, 1.165) is 53.7 Å². The van der Waals surface area contributed by atoms with E-state index in [1.807, 2.05) is 24.5 Å². The van der Waals surface area contributed by atoms with Crippen molar-refractivity contribution in [1.29, 1.82) is 5.41 Å². The molecule has 0 amide bonds. The highest BCUT2D eigenvalue weighted by molar-refractivity contribution is 6.03. The van der Waals surface area contributed by atoms with Crippen LogP contribution in [0.4, 0.5) is 0 Å². The van der Waals surface area contributed by atoms with E-state index in [-0.39, 0.29) is 0 Å². The molecule has 1 unspecified atom stereocenters. The van der Waals surface area contributed by atoms with Crippen molar-refractivity contribution in [3.63, 3.8) is 0 Å². The molecule has 2 aromatic heterocycles. The van der Waals surface area contributed by atoms with E-state index in [0.29, 0.717) is 5.92 Å². The molecule has 3 aliphatic rings. The molecule has 3 aromatic rings. The summed E-state index contributed by atoms with van der Waals surface area (Å²) in [5, 5.41) is 8.16. The molecule has 1 saturated carbocycles. The molecule has 2 aliphatic carbocycles. The number of piperidine rings is 1. The lowest BCUT2D eigenvalue weighted by molar-refractivity contribution is 0.190. The Hall–Kier alpha value is -2.72. The molecule has 2 fully saturated rings. The minimum absolute atomic E-state index is 0.462. The smallest absolute Gasteiger partial charge is 0.142 e. The third-order valence-corrected chi connectivity index (χ3v) is 7.20. The highest BCUT2D eigenvalue weighted by Crippen LogP contribution is 2.41. The summed E-state index contributed by atoms with van der Waals surface area (Å²) in [5.74, 6) is 3.47. The van der Waals surface area contributed by atoms with Crippen LogP contribution in [-0.2, 0) is 6.42 Å². The predicted octanol–water partition coefficient (Wildman–Crippen LogP) is 5.91. The van der Waals surface area contributed by atoms with Crippen LogP contribution in [-0.4, -0.2) is 35.2 Å². The molecule has 1 N–H and O–H groups in total. The molecule has 4 heteroatoms. The first kappa shape index (κ1) is 19.0. The Labute approximate surface area is 183 Å². The van der Waals surface area contributed by atoms with Gasteiger partial charge < -0.3 is 14.7 Å². The zero-order chi connectivity index (χ0) is 20.8. The van der Waals surface area contributed by atoms with E-state index in [2.05, 4.69) is 34.1 Å². The number of nitrogens with one attached hydrogen (secondary N) is 1. The standard InChI is InChI=1S/C27H29N3O/c28-25-8-6-20-14-21(5-7-23(20)25)24-15-26(31-27(24)19-9-11-29-12-10-19)22-2-1-13-30(17-22)16-18-3-4-18/h5,7,9-12,14-15,18,22,28H,1-4,6,8,13,16-17H2. The lowest BCUT2D eigenvalue weighted by Gasteiger charge is -2.31. The molecular weight excluding hydrogens is 382 g/mol. The van der Waals surface area contributed by atoms with Gasteiger partial charge in [-0.2, -0.15) is 0 Å². The average molecular weight is 412 g/mol. The first-order valence-corrected chi connectivity index (χ1v) is 11.7. The topological polar surface area (TPSA) is 53.1 Å². The number of aryl methyl sites for hydroxylation is 1. The number of fused-ring (bicyclic) bond motifs is 1. The number of rotatable bonds is 5. The van der Waals surface area contributed by atoms with Gasteiger partial charge in [-0.1, -0.05) is 18.2 Å². The summed E-state index contributed by atoms with van der Waals surface area (Å²) in [6.07, 6.45) is 10.8. The van der Waals surface area contributed by atoms with Gasteiger partial charge in [0.05, 0.1) is 0 Å². The van der Waals surface area contributed by atoms with Gasteiger partial charge in [0.25, 0.3) is 0 Å². The lowest BCUT2D eigenvalue weighted by Crippen LogP contribution is -2.35. The molecule has 31 heavy (non-hydrogen) atoms. The molecule has 1 saturated heterocycles. The summed E-state index contributed by atoms with van der Waals surface area (Å²) >= 11 is 0. The lowest BCUT2D eigenvalue weighted by atomic mass is 9.93. The van der Waals surface area contributed by atoms with Gasteiger partial charge in [0.15, 0.2) is 0 Å². The monoisotopic (exact) mass is 411 g/mol. The van der Waals surface area contributed by atoms with Crippen LogP contribution in [0.2, 0.25) is 0 Å². The molecule has 6 rings (SSSR count). The maximum Gasteiger partial charge on any atom is 0.142 e. The number of benzene rings is 1. The first-order valence-electron chi connectivity index (χ1n) is 11.7. The molecule has 1 atom stereocenters. The highest BCUT2D eigenvalue weighted by Gasteiger charge is 2.30. The zero-order valence-electron chi connectivity index (χ0n) is 17.9. The third-order valence-electron chi connectivity index (χ3n) is 7.20. The third kappa shape index (κ3) is 3.74. The van der Waals surface area contributed by atoms with Crippen molar-refractivity contribution in [3.05, 3.63) is 65.7 Å². The average Bonchev–Trinajstić information content (AvgIpc) is 3.38. The van der Waals surface area contributed by atoms with Crippen LogP contribution in [0.5, 0.6) is 0 Å². The van der Waals surface area contributed by atoms with Crippen LogP contribution in [0.15, 0.2) is 53.2 Å². The van der Waals surface area contributed by atoms with Gasteiger partial charge in [-0.25, -0.2) is 0 Å². The van der Waals surface area contributed by atoms with E-state index in [4.69, 9.17) is 9.83 Å². The molecule has 158 valence electrons. The van der Waals surface area contributed by atoms with Crippen molar-refractivity contribution >= 4 is 5.71 Å². The van der Waals surface area contributed by atoms with Crippen LogP contribution >= 0.6 is 0 Å². The Balaban J connectivity index is 1.37. The second kappa shape index (κ2) is 7.76. The van der Waals surface area contributed by atoms with E-state index >= 15 is 0 Å².